The molecule has 1 aliphatic heterocycles. The molecule has 0 saturated carbocycles. The van der Waals surface area contributed by atoms with Gasteiger partial charge < -0.3 is 10.5 Å². The molecule has 0 radical (unpaired) electrons. The van der Waals surface area contributed by atoms with Crippen LogP contribution in [0.1, 0.15) is 43.5 Å². The maximum atomic E-state index is 12.3. The lowest BCUT2D eigenvalue weighted by Gasteiger charge is -2.29. The zero-order valence-electron chi connectivity index (χ0n) is 13.1. The third-order valence-electron chi connectivity index (χ3n) is 4.04. The van der Waals surface area contributed by atoms with Gasteiger partial charge in [-0.1, -0.05) is 13.8 Å². The molecule has 2 rings (SSSR count). The highest BCUT2D eigenvalue weighted by atomic mass is 16.5. The van der Waals surface area contributed by atoms with Gasteiger partial charge in [-0.15, -0.1) is 0 Å². The molecule has 1 aliphatic rings. The van der Waals surface area contributed by atoms with Crippen LogP contribution < -0.4 is 10.5 Å². The summed E-state index contributed by atoms with van der Waals surface area (Å²) < 4.78 is 5.54. The maximum Gasteiger partial charge on any atom is 0.176 e. The Morgan fingerprint density at radius 3 is 2.71 bits per heavy atom. The van der Waals surface area contributed by atoms with E-state index in [0.29, 0.717) is 30.2 Å². The molecule has 1 fully saturated rings. The van der Waals surface area contributed by atoms with E-state index in [9.17, 15) is 4.79 Å². The number of benzene rings is 1. The Morgan fingerprint density at radius 1 is 1.38 bits per heavy atom. The van der Waals surface area contributed by atoms with Gasteiger partial charge in [-0.2, -0.15) is 0 Å². The molecule has 0 atom stereocenters. The fraction of sp³-hybridized carbons (Fsp3) is 0.588. The normalized spacial score (nSPS) is 16.9. The quantitative estimate of drug-likeness (QED) is 0.646. The van der Waals surface area contributed by atoms with E-state index in [4.69, 9.17) is 10.5 Å². The molecule has 0 spiro atoms. The van der Waals surface area contributed by atoms with Gasteiger partial charge in [-0.25, -0.2) is 0 Å². The van der Waals surface area contributed by atoms with E-state index in [2.05, 4.69) is 11.8 Å². The molecule has 4 nitrogen and oxygen atoms in total. The molecule has 0 bridgehead atoms. The van der Waals surface area contributed by atoms with Crippen LogP contribution >= 0.6 is 0 Å². The number of hydrogen-bond acceptors (Lipinski definition) is 4. The Kier molecular flexibility index (Phi) is 5.62. The van der Waals surface area contributed by atoms with Crippen molar-refractivity contribution < 1.29 is 9.53 Å². The number of piperidine rings is 1. The van der Waals surface area contributed by atoms with Gasteiger partial charge in [-0.3, -0.25) is 9.69 Å². The first-order valence-electron chi connectivity index (χ1n) is 7.88. The van der Waals surface area contributed by atoms with Crippen molar-refractivity contribution in [3.8, 4) is 5.75 Å². The summed E-state index contributed by atoms with van der Waals surface area (Å²) in [5.74, 6) is 1.58. The highest BCUT2D eigenvalue weighted by Crippen LogP contribution is 2.23. The third kappa shape index (κ3) is 4.46. The number of rotatable bonds is 6. The molecule has 1 aromatic rings. The van der Waals surface area contributed by atoms with E-state index < -0.39 is 0 Å². The molecule has 116 valence electrons. The fourth-order valence-corrected chi connectivity index (χ4v) is 2.58. The number of anilines is 1. The number of carbonyl (C=O) groups excluding carboxylic acids is 1. The summed E-state index contributed by atoms with van der Waals surface area (Å²) in [5.41, 5.74) is 7.18. The predicted octanol–water partition coefficient (Wildman–Crippen LogP) is 2.97. The lowest BCUT2D eigenvalue weighted by atomic mass is 9.98. The summed E-state index contributed by atoms with van der Waals surface area (Å²) in [4.78, 5) is 14.6. The SMILES string of the molecule is CCCOc1ccc(C(=O)CN2CCC(C)CC2)cc1N. The Balaban J connectivity index is 1.94. The number of nitrogen functional groups attached to an aromatic ring is 1. The van der Waals surface area contributed by atoms with Crippen LogP contribution in [-0.2, 0) is 0 Å². The van der Waals surface area contributed by atoms with Gasteiger partial charge in [0.2, 0.25) is 0 Å². The highest BCUT2D eigenvalue weighted by molar-refractivity contribution is 5.98. The largest absolute Gasteiger partial charge is 0.491 e. The molecule has 1 aromatic carbocycles. The van der Waals surface area contributed by atoms with Gasteiger partial charge >= 0.3 is 0 Å². The minimum Gasteiger partial charge on any atom is -0.491 e. The fourth-order valence-electron chi connectivity index (χ4n) is 2.58. The van der Waals surface area contributed by atoms with Crippen LogP contribution in [0.25, 0.3) is 0 Å². The molecule has 0 amide bonds. The Morgan fingerprint density at radius 2 is 2.10 bits per heavy atom. The van der Waals surface area contributed by atoms with Gasteiger partial charge in [0, 0.05) is 5.56 Å². The summed E-state index contributed by atoms with van der Waals surface area (Å²) in [7, 11) is 0. The summed E-state index contributed by atoms with van der Waals surface area (Å²) in [5, 5.41) is 0. The van der Waals surface area contributed by atoms with Crippen molar-refractivity contribution in [2.45, 2.75) is 33.1 Å². The van der Waals surface area contributed by atoms with E-state index in [1.807, 2.05) is 13.0 Å². The van der Waals surface area contributed by atoms with E-state index >= 15 is 0 Å². The standard InChI is InChI=1S/C17H26N2O2/c1-3-10-21-17-5-4-14(11-15(17)18)16(20)12-19-8-6-13(2)7-9-19/h4-5,11,13H,3,6-10,12,18H2,1-2H3. The van der Waals surface area contributed by atoms with Crippen molar-refractivity contribution in [3.63, 3.8) is 0 Å². The summed E-state index contributed by atoms with van der Waals surface area (Å²) in [6.45, 7) is 7.48. The number of likely N-dealkylation sites (tertiary alicyclic amines) is 1. The van der Waals surface area contributed by atoms with E-state index in [1.165, 1.54) is 12.8 Å². The number of carbonyl (C=O) groups is 1. The molecule has 0 aromatic heterocycles. The predicted molar refractivity (Wildman–Crippen MR) is 85.8 cm³/mol. The van der Waals surface area contributed by atoms with Crippen LogP contribution in [0.4, 0.5) is 5.69 Å². The van der Waals surface area contributed by atoms with Crippen LogP contribution in [0.5, 0.6) is 5.75 Å². The monoisotopic (exact) mass is 290 g/mol. The maximum absolute atomic E-state index is 12.3. The minimum atomic E-state index is 0.137. The smallest absolute Gasteiger partial charge is 0.176 e. The molecule has 0 unspecified atom stereocenters. The number of ketones is 1. The van der Waals surface area contributed by atoms with Gasteiger partial charge in [0.15, 0.2) is 5.78 Å². The number of nitrogens with zero attached hydrogens (tertiary/aromatic N) is 1. The molecule has 2 N–H and O–H groups in total. The summed E-state index contributed by atoms with van der Waals surface area (Å²) in [6, 6.07) is 5.35. The van der Waals surface area contributed by atoms with Gasteiger partial charge in [0.25, 0.3) is 0 Å². The first-order chi connectivity index (χ1) is 10.1. The number of Topliss-reactive ketones (excluding diaryl/α,β-unsaturated/α-hetero) is 1. The molecule has 21 heavy (non-hydrogen) atoms. The first-order valence-corrected chi connectivity index (χ1v) is 7.88. The van der Waals surface area contributed by atoms with E-state index in [-0.39, 0.29) is 5.78 Å². The average molecular weight is 290 g/mol. The molecular weight excluding hydrogens is 264 g/mol. The van der Waals surface area contributed by atoms with Crippen LogP contribution in [0, 0.1) is 5.92 Å². The summed E-state index contributed by atoms with van der Waals surface area (Å²) >= 11 is 0. The lowest BCUT2D eigenvalue weighted by Crippen LogP contribution is -2.36. The van der Waals surface area contributed by atoms with Crippen LogP contribution in [0.15, 0.2) is 18.2 Å². The Hall–Kier alpha value is -1.55. The van der Waals surface area contributed by atoms with Gasteiger partial charge in [0.1, 0.15) is 5.75 Å². The molecule has 0 aliphatic carbocycles. The number of hydrogen-bond donors (Lipinski definition) is 1. The van der Waals surface area contributed by atoms with Crippen molar-refractivity contribution in [1.82, 2.24) is 4.90 Å². The number of nitrogens with two attached hydrogens (primary N) is 1. The topological polar surface area (TPSA) is 55.6 Å². The second kappa shape index (κ2) is 7.46. The average Bonchev–Trinajstić information content (AvgIpc) is 2.48. The third-order valence-corrected chi connectivity index (χ3v) is 4.04. The van der Waals surface area contributed by atoms with Gasteiger partial charge in [-0.05, 0) is 56.5 Å². The van der Waals surface area contributed by atoms with Crippen molar-refractivity contribution in [3.05, 3.63) is 23.8 Å². The lowest BCUT2D eigenvalue weighted by molar-refractivity contribution is 0.0900. The van der Waals surface area contributed by atoms with Crippen molar-refractivity contribution in [2.24, 2.45) is 5.92 Å². The van der Waals surface area contributed by atoms with Crippen LogP contribution in [0.3, 0.4) is 0 Å². The van der Waals surface area contributed by atoms with Crippen molar-refractivity contribution >= 4 is 11.5 Å². The van der Waals surface area contributed by atoms with Gasteiger partial charge in [0.05, 0.1) is 18.8 Å². The second-order valence-electron chi connectivity index (χ2n) is 5.98. The van der Waals surface area contributed by atoms with E-state index in [1.54, 1.807) is 12.1 Å². The van der Waals surface area contributed by atoms with Crippen molar-refractivity contribution in [2.75, 3.05) is 32.0 Å². The van der Waals surface area contributed by atoms with Crippen LogP contribution in [0.2, 0.25) is 0 Å². The zero-order chi connectivity index (χ0) is 15.2. The van der Waals surface area contributed by atoms with E-state index in [0.717, 1.165) is 25.4 Å². The minimum absolute atomic E-state index is 0.137. The van der Waals surface area contributed by atoms with Crippen LogP contribution in [-0.4, -0.2) is 36.9 Å². The Bertz CT molecular complexity index is 480. The molecule has 1 heterocycles. The molecular formula is C17H26N2O2. The first kappa shape index (κ1) is 15.8. The van der Waals surface area contributed by atoms with Crippen molar-refractivity contribution in [1.29, 1.82) is 0 Å². The number of ether oxygens (including phenoxy) is 1. The summed E-state index contributed by atoms with van der Waals surface area (Å²) in [6.07, 6.45) is 3.30. The molecule has 1 saturated heterocycles. The highest BCUT2D eigenvalue weighted by Gasteiger charge is 2.19. The second-order valence-corrected chi connectivity index (χ2v) is 5.98. The molecule has 4 heteroatoms. The zero-order valence-corrected chi connectivity index (χ0v) is 13.1. The Labute approximate surface area is 127 Å².